The lowest BCUT2D eigenvalue weighted by atomic mass is 9.91. The van der Waals surface area contributed by atoms with Crippen molar-refractivity contribution in [1.29, 1.82) is 0 Å². The summed E-state index contributed by atoms with van der Waals surface area (Å²) < 4.78 is 5.16. The van der Waals surface area contributed by atoms with Gasteiger partial charge in [0.25, 0.3) is 5.91 Å². The molecule has 1 unspecified atom stereocenters. The second kappa shape index (κ2) is 7.56. The molecule has 1 fully saturated rings. The van der Waals surface area contributed by atoms with Gasteiger partial charge in [-0.3, -0.25) is 14.9 Å². The van der Waals surface area contributed by atoms with E-state index in [2.05, 4.69) is 10.6 Å². The van der Waals surface area contributed by atoms with Gasteiger partial charge in [-0.2, -0.15) is 0 Å². The van der Waals surface area contributed by atoms with Crippen molar-refractivity contribution in [2.45, 2.75) is 12.1 Å². The lowest BCUT2D eigenvalue weighted by Gasteiger charge is -2.33. The second-order valence-electron chi connectivity index (χ2n) is 7.79. The summed E-state index contributed by atoms with van der Waals surface area (Å²) in [7, 11) is 1.62. The molecule has 3 aromatic rings. The number of nitrogens with zero attached hydrogens (tertiary/aromatic N) is 1. The Bertz CT molecular complexity index is 1160. The summed E-state index contributed by atoms with van der Waals surface area (Å²) in [5, 5.41) is 6.54. The average molecular weight is 413 g/mol. The predicted molar refractivity (Wildman–Crippen MR) is 118 cm³/mol. The number of hydrogen-bond acceptors (Lipinski definition) is 4. The van der Waals surface area contributed by atoms with E-state index in [1.165, 1.54) is 0 Å². The molecule has 1 atom stereocenters. The molecule has 0 saturated carbocycles. The SMILES string of the molecule is COc1ccc(CC(=O)Nc2cccc(C34NCCN3C(=O)c3ccccc34)c2)cc1. The molecular weight excluding hydrogens is 390 g/mol. The minimum absolute atomic E-state index is 0.0366. The van der Waals surface area contributed by atoms with Crippen LogP contribution in [0.15, 0.2) is 72.8 Å². The number of rotatable bonds is 5. The molecule has 0 aliphatic carbocycles. The standard InChI is InChI=1S/C25H23N3O3/c1-31-20-11-9-17(10-12-20)15-23(29)27-19-6-4-5-18(16-19)25-22-8-3-2-7-21(22)24(30)28(25)14-13-26-25/h2-12,16,26H,13-15H2,1H3,(H,27,29). The van der Waals surface area contributed by atoms with Gasteiger partial charge in [-0.25, -0.2) is 0 Å². The number of anilines is 1. The van der Waals surface area contributed by atoms with Crippen molar-refractivity contribution in [2.24, 2.45) is 0 Å². The highest BCUT2D eigenvalue weighted by atomic mass is 16.5. The number of methoxy groups -OCH3 is 1. The zero-order chi connectivity index (χ0) is 21.4. The summed E-state index contributed by atoms with van der Waals surface area (Å²) in [5.41, 5.74) is 3.54. The molecule has 31 heavy (non-hydrogen) atoms. The molecule has 5 rings (SSSR count). The summed E-state index contributed by atoms with van der Waals surface area (Å²) in [6, 6.07) is 22.9. The van der Waals surface area contributed by atoms with Crippen LogP contribution in [0.1, 0.15) is 27.0 Å². The number of carbonyl (C=O) groups is 2. The second-order valence-corrected chi connectivity index (χ2v) is 7.79. The molecular formula is C25H23N3O3. The van der Waals surface area contributed by atoms with Gasteiger partial charge in [0.05, 0.1) is 13.5 Å². The van der Waals surface area contributed by atoms with E-state index >= 15 is 0 Å². The number of ether oxygens (including phenoxy) is 1. The fourth-order valence-electron chi connectivity index (χ4n) is 4.61. The largest absolute Gasteiger partial charge is 0.497 e. The summed E-state index contributed by atoms with van der Waals surface area (Å²) in [4.78, 5) is 27.5. The maximum atomic E-state index is 13.0. The van der Waals surface area contributed by atoms with Crippen LogP contribution in [0, 0.1) is 0 Å². The van der Waals surface area contributed by atoms with Crippen LogP contribution in [0.4, 0.5) is 5.69 Å². The maximum Gasteiger partial charge on any atom is 0.256 e. The van der Waals surface area contributed by atoms with E-state index in [1.807, 2.05) is 77.7 Å². The van der Waals surface area contributed by atoms with Crippen LogP contribution in [-0.2, 0) is 16.9 Å². The maximum absolute atomic E-state index is 13.0. The molecule has 2 N–H and O–H groups in total. The third kappa shape index (κ3) is 3.16. The van der Waals surface area contributed by atoms with Crippen LogP contribution in [-0.4, -0.2) is 36.9 Å². The molecule has 3 aromatic carbocycles. The summed E-state index contributed by atoms with van der Waals surface area (Å²) >= 11 is 0. The molecule has 0 bridgehead atoms. The Morgan fingerprint density at radius 1 is 1.10 bits per heavy atom. The van der Waals surface area contributed by atoms with Crippen LogP contribution >= 0.6 is 0 Å². The predicted octanol–water partition coefficient (Wildman–Crippen LogP) is 3.14. The molecule has 0 radical (unpaired) electrons. The lowest BCUT2D eigenvalue weighted by Crippen LogP contribution is -2.46. The van der Waals surface area contributed by atoms with Gasteiger partial charge in [-0.15, -0.1) is 0 Å². The molecule has 156 valence electrons. The van der Waals surface area contributed by atoms with E-state index in [0.717, 1.165) is 28.0 Å². The molecule has 0 aromatic heterocycles. The smallest absolute Gasteiger partial charge is 0.256 e. The monoisotopic (exact) mass is 413 g/mol. The van der Waals surface area contributed by atoms with Gasteiger partial charge in [-0.1, -0.05) is 42.5 Å². The molecule has 6 nitrogen and oxygen atoms in total. The van der Waals surface area contributed by atoms with Crippen LogP contribution in [0.3, 0.4) is 0 Å². The van der Waals surface area contributed by atoms with E-state index in [9.17, 15) is 9.59 Å². The fourth-order valence-corrected chi connectivity index (χ4v) is 4.61. The lowest BCUT2D eigenvalue weighted by molar-refractivity contribution is -0.115. The van der Waals surface area contributed by atoms with Crippen molar-refractivity contribution in [1.82, 2.24) is 10.2 Å². The Labute approximate surface area is 180 Å². The quantitative estimate of drug-likeness (QED) is 0.674. The molecule has 2 amide bonds. The van der Waals surface area contributed by atoms with Gasteiger partial charge in [0.15, 0.2) is 0 Å². The number of fused-ring (bicyclic) bond motifs is 3. The molecule has 2 aliphatic rings. The van der Waals surface area contributed by atoms with Crippen molar-refractivity contribution in [3.63, 3.8) is 0 Å². The molecule has 2 heterocycles. The first-order valence-electron chi connectivity index (χ1n) is 10.3. The van der Waals surface area contributed by atoms with Crippen molar-refractivity contribution in [3.8, 4) is 5.75 Å². The summed E-state index contributed by atoms with van der Waals surface area (Å²) in [5.74, 6) is 0.699. The first-order chi connectivity index (χ1) is 15.1. The zero-order valence-electron chi connectivity index (χ0n) is 17.2. The third-order valence-corrected chi connectivity index (χ3v) is 6.00. The summed E-state index contributed by atoms with van der Waals surface area (Å²) in [6.45, 7) is 1.36. The van der Waals surface area contributed by atoms with Crippen LogP contribution in [0.2, 0.25) is 0 Å². The Kier molecular flexibility index (Phi) is 4.71. The molecule has 2 aliphatic heterocycles. The van der Waals surface area contributed by atoms with E-state index < -0.39 is 5.66 Å². The van der Waals surface area contributed by atoms with Crippen LogP contribution in [0.5, 0.6) is 5.75 Å². The van der Waals surface area contributed by atoms with E-state index in [4.69, 9.17) is 4.74 Å². The highest BCUT2D eigenvalue weighted by molar-refractivity contribution is 6.01. The van der Waals surface area contributed by atoms with Crippen molar-refractivity contribution in [2.75, 3.05) is 25.5 Å². The minimum Gasteiger partial charge on any atom is -0.497 e. The van der Waals surface area contributed by atoms with Crippen LogP contribution in [0.25, 0.3) is 0 Å². The average Bonchev–Trinajstić information content (AvgIpc) is 3.34. The summed E-state index contributed by atoms with van der Waals surface area (Å²) in [6.07, 6.45) is 0.269. The Balaban J connectivity index is 1.41. The zero-order valence-corrected chi connectivity index (χ0v) is 17.2. The van der Waals surface area contributed by atoms with Gasteiger partial charge >= 0.3 is 0 Å². The van der Waals surface area contributed by atoms with Crippen molar-refractivity contribution < 1.29 is 14.3 Å². The van der Waals surface area contributed by atoms with Gasteiger partial charge in [0.2, 0.25) is 5.91 Å². The van der Waals surface area contributed by atoms with Crippen molar-refractivity contribution >= 4 is 17.5 Å². The Morgan fingerprint density at radius 3 is 2.71 bits per heavy atom. The van der Waals surface area contributed by atoms with Crippen molar-refractivity contribution in [3.05, 3.63) is 95.1 Å². The number of hydrogen-bond donors (Lipinski definition) is 2. The van der Waals surface area contributed by atoms with E-state index in [0.29, 0.717) is 18.8 Å². The van der Waals surface area contributed by atoms with Crippen LogP contribution < -0.4 is 15.4 Å². The topological polar surface area (TPSA) is 70.7 Å². The highest BCUT2D eigenvalue weighted by Gasteiger charge is 2.53. The van der Waals surface area contributed by atoms with E-state index in [-0.39, 0.29) is 18.2 Å². The molecule has 6 heteroatoms. The normalized spacial score (nSPS) is 19.1. The number of benzene rings is 3. The van der Waals surface area contributed by atoms with Gasteiger partial charge in [-0.05, 0) is 41.5 Å². The van der Waals surface area contributed by atoms with Gasteiger partial charge < -0.3 is 15.0 Å². The minimum atomic E-state index is -0.690. The first kappa shape index (κ1) is 19.3. The number of nitrogens with one attached hydrogen (secondary N) is 2. The number of carbonyl (C=O) groups excluding carboxylic acids is 2. The molecule has 0 spiro atoms. The Morgan fingerprint density at radius 2 is 1.90 bits per heavy atom. The van der Waals surface area contributed by atoms with Gasteiger partial charge in [0, 0.05) is 29.9 Å². The van der Waals surface area contributed by atoms with E-state index in [1.54, 1.807) is 7.11 Å². The third-order valence-electron chi connectivity index (χ3n) is 6.00. The Hall–Kier alpha value is -3.64. The number of amides is 2. The first-order valence-corrected chi connectivity index (χ1v) is 10.3. The highest BCUT2D eigenvalue weighted by Crippen LogP contribution is 2.44. The fraction of sp³-hybridized carbons (Fsp3) is 0.200. The van der Waals surface area contributed by atoms with Gasteiger partial charge in [0.1, 0.15) is 11.4 Å². The molecule has 1 saturated heterocycles.